The predicted molar refractivity (Wildman–Crippen MR) is 89.5 cm³/mol. The summed E-state index contributed by atoms with van der Waals surface area (Å²) < 4.78 is 28.3. The number of benzene rings is 2. The van der Waals surface area contributed by atoms with Gasteiger partial charge in [0.05, 0.1) is 0 Å². The monoisotopic (exact) mass is 348 g/mol. The van der Waals surface area contributed by atoms with Crippen LogP contribution in [0.3, 0.4) is 0 Å². The fraction of sp³-hybridized carbons (Fsp3) is 0.222. The topological polar surface area (TPSA) is 67.4 Å². The summed E-state index contributed by atoms with van der Waals surface area (Å²) in [4.78, 5) is 23.5. The van der Waals surface area contributed by atoms with Gasteiger partial charge in [-0.3, -0.25) is 9.59 Å². The van der Waals surface area contributed by atoms with Gasteiger partial charge >= 0.3 is 18.4 Å². The van der Waals surface area contributed by atoms with Crippen LogP contribution in [0.15, 0.2) is 54.6 Å². The third kappa shape index (κ3) is 6.58. The lowest BCUT2D eigenvalue weighted by Gasteiger charge is -2.08. The highest BCUT2D eigenvalue weighted by atomic mass is 19.3. The molecule has 0 unspecified atom stereocenters. The minimum Gasteiger partial charge on any atom is -0.435 e. The highest BCUT2D eigenvalue weighted by Crippen LogP contribution is 2.17. The normalized spacial score (nSPS) is 10.4. The summed E-state index contributed by atoms with van der Waals surface area (Å²) in [7, 11) is 0. The van der Waals surface area contributed by atoms with Crippen LogP contribution in [0, 0.1) is 0 Å². The van der Waals surface area contributed by atoms with Gasteiger partial charge in [0.1, 0.15) is 5.75 Å². The molecule has 5 nitrogen and oxygen atoms in total. The molecule has 2 amide bonds. The standard InChI is InChI=1S/C18H18F2N2O3/c19-18(20)25-15-10-8-14(9-11-15)22-17(24)16(23)21-12-4-7-13-5-2-1-3-6-13/h1-3,5-6,8-11,18H,4,7,12H2,(H,21,23)(H,22,24). The molecule has 2 rings (SSSR count). The summed E-state index contributed by atoms with van der Waals surface area (Å²) in [5.41, 5.74) is 1.47. The third-order valence-corrected chi connectivity index (χ3v) is 3.31. The van der Waals surface area contributed by atoms with Crippen molar-refractivity contribution < 1.29 is 23.1 Å². The molecule has 0 bridgehead atoms. The Morgan fingerprint density at radius 2 is 1.64 bits per heavy atom. The average molecular weight is 348 g/mol. The zero-order chi connectivity index (χ0) is 18.1. The van der Waals surface area contributed by atoms with E-state index in [1.807, 2.05) is 30.3 Å². The zero-order valence-corrected chi connectivity index (χ0v) is 13.4. The Balaban J connectivity index is 1.71. The van der Waals surface area contributed by atoms with Crippen molar-refractivity contribution in [2.45, 2.75) is 19.5 Å². The number of carbonyl (C=O) groups is 2. The van der Waals surface area contributed by atoms with Gasteiger partial charge < -0.3 is 15.4 Å². The lowest BCUT2D eigenvalue weighted by molar-refractivity contribution is -0.136. The van der Waals surface area contributed by atoms with Gasteiger partial charge in [-0.2, -0.15) is 8.78 Å². The number of halogens is 2. The Labute approximate surface area is 144 Å². The van der Waals surface area contributed by atoms with E-state index < -0.39 is 18.4 Å². The summed E-state index contributed by atoms with van der Waals surface area (Å²) in [5, 5.41) is 4.92. The molecule has 7 heteroatoms. The second-order valence-electron chi connectivity index (χ2n) is 5.20. The summed E-state index contributed by atoms with van der Waals surface area (Å²) >= 11 is 0. The Morgan fingerprint density at radius 3 is 2.28 bits per heavy atom. The Hall–Kier alpha value is -2.96. The molecule has 0 saturated heterocycles. The molecular formula is C18H18F2N2O3. The maximum absolute atomic E-state index is 12.0. The molecule has 0 aliphatic heterocycles. The van der Waals surface area contributed by atoms with Crippen molar-refractivity contribution in [3.8, 4) is 5.75 Å². The first-order valence-electron chi connectivity index (χ1n) is 7.72. The van der Waals surface area contributed by atoms with Crippen LogP contribution in [0.1, 0.15) is 12.0 Å². The predicted octanol–water partition coefficient (Wildman–Crippen LogP) is 2.98. The summed E-state index contributed by atoms with van der Waals surface area (Å²) in [6.07, 6.45) is 1.51. The number of anilines is 1. The molecule has 132 valence electrons. The van der Waals surface area contributed by atoms with Crippen LogP contribution < -0.4 is 15.4 Å². The molecule has 0 heterocycles. The second kappa shape index (κ2) is 9.36. The molecule has 2 aromatic carbocycles. The molecule has 0 radical (unpaired) electrons. The van der Waals surface area contributed by atoms with Crippen LogP contribution >= 0.6 is 0 Å². The van der Waals surface area contributed by atoms with Gasteiger partial charge in [0.15, 0.2) is 0 Å². The summed E-state index contributed by atoms with van der Waals surface area (Å²) in [6, 6.07) is 15.1. The number of hydrogen-bond donors (Lipinski definition) is 2. The zero-order valence-electron chi connectivity index (χ0n) is 13.4. The fourth-order valence-corrected chi connectivity index (χ4v) is 2.13. The van der Waals surface area contributed by atoms with Crippen LogP contribution in [0.25, 0.3) is 0 Å². The van der Waals surface area contributed by atoms with Gasteiger partial charge in [-0.05, 0) is 42.7 Å². The fourth-order valence-electron chi connectivity index (χ4n) is 2.13. The van der Waals surface area contributed by atoms with E-state index in [1.165, 1.54) is 24.3 Å². The van der Waals surface area contributed by atoms with Crippen LogP contribution in [0.2, 0.25) is 0 Å². The number of amides is 2. The van der Waals surface area contributed by atoms with E-state index in [4.69, 9.17) is 0 Å². The molecule has 0 saturated carbocycles. The molecule has 2 aromatic rings. The lowest BCUT2D eigenvalue weighted by Crippen LogP contribution is -2.36. The molecule has 0 aliphatic rings. The first kappa shape index (κ1) is 18.4. The van der Waals surface area contributed by atoms with Crippen molar-refractivity contribution in [3.63, 3.8) is 0 Å². The molecule has 2 N–H and O–H groups in total. The van der Waals surface area contributed by atoms with E-state index in [0.29, 0.717) is 18.7 Å². The van der Waals surface area contributed by atoms with Gasteiger partial charge in [0, 0.05) is 12.2 Å². The molecule has 0 aromatic heterocycles. The SMILES string of the molecule is O=C(NCCCc1ccccc1)C(=O)Nc1ccc(OC(F)F)cc1. The first-order valence-corrected chi connectivity index (χ1v) is 7.72. The second-order valence-corrected chi connectivity index (χ2v) is 5.20. The molecule has 25 heavy (non-hydrogen) atoms. The summed E-state index contributed by atoms with van der Waals surface area (Å²) in [5.74, 6) is -1.60. The highest BCUT2D eigenvalue weighted by Gasteiger charge is 2.13. The van der Waals surface area contributed by atoms with Crippen molar-refractivity contribution in [1.29, 1.82) is 0 Å². The number of carbonyl (C=O) groups excluding carboxylic acids is 2. The molecular weight excluding hydrogens is 330 g/mol. The van der Waals surface area contributed by atoms with Crippen LogP contribution in [0.5, 0.6) is 5.75 Å². The largest absolute Gasteiger partial charge is 0.435 e. The maximum atomic E-state index is 12.0. The molecule has 0 aliphatic carbocycles. The van der Waals surface area contributed by atoms with Crippen LogP contribution in [-0.4, -0.2) is 25.0 Å². The molecule has 0 atom stereocenters. The maximum Gasteiger partial charge on any atom is 0.387 e. The number of aryl methyl sites for hydroxylation is 1. The smallest absolute Gasteiger partial charge is 0.387 e. The van der Waals surface area contributed by atoms with Crippen molar-refractivity contribution in [1.82, 2.24) is 5.32 Å². The van der Waals surface area contributed by atoms with Gasteiger partial charge in [-0.25, -0.2) is 0 Å². The van der Waals surface area contributed by atoms with E-state index in [-0.39, 0.29) is 5.75 Å². The van der Waals surface area contributed by atoms with Crippen molar-refractivity contribution >= 4 is 17.5 Å². The minimum absolute atomic E-state index is 0.0293. The van der Waals surface area contributed by atoms with Crippen molar-refractivity contribution in [2.75, 3.05) is 11.9 Å². The molecule has 0 fully saturated rings. The van der Waals surface area contributed by atoms with Crippen molar-refractivity contribution in [2.24, 2.45) is 0 Å². The lowest BCUT2D eigenvalue weighted by atomic mass is 10.1. The van der Waals surface area contributed by atoms with Crippen LogP contribution in [0.4, 0.5) is 14.5 Å². The van der Waals surface area contributed by atoms with E-state index in [1.54, 1.807) is 0 Å². The Bertz CT molecular complexity index is 691. The number of nitrogens with one attached hydrogen (secondary N) is 2. The van der Waals surface area contributed by atoms with Crippen molar-refractivity contribution in [3.05, 3.63) is 60.2 Å². The van der Waals surface area contributed by atoms with Gasteiger partial charge in [-0.1, -0.05) is 30.3 Å². The van der Waals surface area contributed by atoms with Gasteiger partial charge in [0.2, 0.25) is 0 Å². The number of alkyl halides is 2. The highest BCUT2D eigenvalue weighted by molar-refractivity contribution is 6.39. The average Bonchev–Trinajstić information content (AvgIpc) is 2.60. The van der Waals surface area contributed by atoms with Crippen LogP contribution in [-0.2, 0) is 16.0 Å². The van der Waals surface area contributed by atoms with E-state index in [0.717, 1.165) is 12.0 Å². The Kier molecular flexibility index (Phi) is 6.88. The first-order chi connectivity index (χ1) is 12.0. The quantitative estimate of drug-likeness (QED) is 0.597. The number of rotatable bonds is 7. The summed E-state index contributed by atoms with van der Waals surface area (Å²) in [6.45, 7) is -2.54. The number of hydrogen-bond acceptors (Lipinski definition) is 3. The van der Waals surface area contributed by atoms with Gasteiger partial charge in [0.25, 0.3) is 0 Å². The minimum atomic E-state index is -2.91. The van der Waals surface area contributed by atoms with E-state index >= 15 is 0 Å². The Morgan fingerprint density at radius 1 is 0.960 bits per heavy atom. The third-order valence-electron chi connectivity index (χ3n) is 3.31. The molecule has 0 spiro atoms. The van der Waals surface area contributed by atoms with E-state index in [9.17, 15) is 18.4 Å². The number of ether oxygens (including phenoxy) is 1. The van der Waals surface area contributed by atoms with Gasteiger partial charge in [-0.15, -0.1) is 0 Å². The van der Waals surface area contributed by atoms with E-state index in [2.05, 4.69) is 15.4 Å².